The zero-order valence-electron chi connectivity index (χ0n) is 13.3. The molecule has 0 aliphatic carbocycles. The number of aryl methyl sites for hydroxylation is 2. The number of H-pyrrole nitrogens is 1. The fourth-order valence-electron chi connectivity index (χ4n) is 2.86. The summed E-state index contributed by atoms with van der Waals surface area (Å²) in [7, 11) is 0. The van der Waals surface area contributed by atoms with E-state index in [-0.39, 0.29) is 11.9 Å². The Labute approximate surface area is 129 Å². The van der Waals surface area contributed by atoms with E-state index in [9.17, 15) is 4.79 Å². The summed E-state index contributed by atoms with van der Waals surface area (Å²) in [6.07, 6.45) is 2.62. The van der Waals surface area contributed by atoms with E-state index < -0.39 is 0 Å². The van der Waals surface area contributed by atoms with E-state index in [0.29, 0.717) is 11.6 Å². The first kappa shape index (κ1) is 14.7. The van der Waals surface area contributed by atoms with Gasteiger partial charge in [0.2, 0.25) is 0 Å². The van der Waals surface area contributed by atoms with Crippen molar-refractivity contribution in [2.45, 2.75) is 52.6 Å². The Morgan fingerprint density at radius 1 is 1.50 bits per heavy atom. The lowest BCUT2D eigenvalue weighted by Crippen LogP contribution is -2.41. The van der Waals surface area contributed by atoms with Crippen LogP contribution in [0.2, 0.25) is 0 Å². The number of carbonyl (C=O) groups excluding carboxylic acids is 1. The minimum atomic E-state index is -0.120. The molecule has 3 heterocycles. The molecule has 1 aliphatic rings. The molecule has 1 aliphatic heterocycles. The van der Waals surface area contributed by atoms with Crippen molar-refractivity contribution < 1.29 is 4.79 Å². The summed E-state index contributed by atoms with van der Waals surface area (Å²) in [6.45, 7) is 6.94. The molecule has 0 aromatic carbocycles. The number of carbonyl (C=O) groups is 1. The fourth-order valence-corrected chi connectivity index (χ4v) is 2.86. The molecule has 1 atom stereocenters. The van der Waals surface area contributed by atoms with Crippen LogP contribution in [0, 0.1) is 12.8 Å². The van der Waals surface area contributed by atoms with Crippen molar-refractivity contribution >= 4 is 5.91 Å². The molecule has 2 aromatic heterocycles. The van der Waals surface area contributed by atoms with Crippen LogP contribution >= 0.6 is 0 Å². The molecule has 7 nitrogen and oxygen atoms in total. The monoisotopic (exact) mass is 302 g/mol. The van der Waals surface area contributed by atoms with Crippen molar-refractivity contribution in [3.05, 3.63) is 29.1 Å². The minimum Gasteiger partial charge on any atom is -0.346 e. The lowest BCUT2D eigenvalue weighted by Gasteiger charge is -2.24. The Morgan fingerprint density at radius 2 is 2.32 bits per heavy atom. The standard InChI is InChI=1S/C15H22N6O/c1-9(2)6-12-7-13(19-18-12)15(22)16-11-4-5-14-20-17-10(3)21(14)8-11/h7,9,11H,4-6,8H2,1-3H3,(H,16,22)(H,18,19)/t11-/m1/s1. The molecule has 3 rings (SSSR count). The first-order valence-corrected chi connectivity index (χ1v) is 7.76. The van der Waals surface area contributed by atoms with Crippen molar-refractivity contribution in [1.29, 1.82) is 0 Å². The van der Waals surface area contributed by atoms with E-state index >= 15 is 0 Å². The average molecular weight is 302 g/mol. The van der Waals surface area contributed by atoms with Gasteiger partial charge in [-0.15, -0.1) is 10.2 Å². The molecular formula is C15H22N6O. The van der Waals surface area contributed by atoms with Gasteiger partial charge in [0.15, 0.2) is 0 Å². The Bertz CT molecular complexity index is 671. The molecule has 0 saturated heterocycles. The Kier molecular flexibility index (Phi) is 3.96. The van der Waals surface area contributed by atoms with Crippen LogP contribution in [0.3, 0.4) is 0 Å². The number of nitrogens with one attached hydrogen (secondary N) is 2. The third-order valence-corrected chi connectivity index (χ3v) is 3.96. The van der Waals surface area contributed by atoms with Gasteiger partial charge in [0, 0.05) is 24.7 Å². The van der Waals surface area contributed by atoms with Crippen LogP contribution in [0.25, 0.3) is 0 Å². The largest absolute Gasteiger partial charge is 0.346 e. The summed E-state index contributed by atoms with van der Waals surface area (Å²) in [5.74, 6) is 2.31. The molecule has 0 unspecified atom stereocenters. The molecule has 118 valence electrons. The Hall–Kier alpha value is -2.18. The van der Waals surface area contributed by atoms with Gasteiger partial charge in [0.05, 0.1) is 0 Å². The quantitative estimate of drug-likeness (QED) is 0.889. The predicted molar refractivity (Wildman–Crippen MR) is 81.5 cm³/mol. The van der Waals surface area contributed by atoms with Crippen molar-refractivity contribution in [2.75, 3.05) is 0 Å². The van der Waals surface area contributed by atoms with Crippen LogP contribution in [0.5, 0.6) is 0 Å². The summed E-state index contributed by atoms with van der Waals surface area (Å²) < 4.78 is 2.07. The number of nitrogens with zero attached hydrogens (tertiary/aromatic N) is 4. The number of hydrogen-bond donors (Lipinski definition) is 2. The first-order valence-electron chi connectivity index (χ1n) is 7.76. The molecule has 7 heteroatoms. The molecule has 2 N–H and O–H groups in total. The minimum absolute atomic E-state index is 0.0972. The van der Waals surface area contributed by atoms with E-state index in [1.165, 1.54) is 0 Å². The van der Waals surface area contributed by atoms with Gasteiger partial charge < -0.3 is 9.88 Å². The van der Waals surface area contributed by atoms with Crippen molar-refractivity contribution in [3.8, 4) is 0 Å². The number of rotatable bonds is 4. The van der Waals surface area contributed by atoms with Crippen molar-refractivity contribution in [1.82, 2.24) is 30.3 Å². The fraction of sp³-hybridized carbons (Fsp3) is 0.600. The SMILES string of the molecule is Cc1nnc2n1C[C@H](NC(=O)c1cc(CC(C)C)[nH]n1)CC2. The van der Waals surface area contributed by atoms with Crippen LogP contribution in [0.1, 0.15) is 48.1 Å². The number of aromatic amines is 1. The second-order valence-corrected chi connectivity index (χ2v) is 6.36. The molecule has 0 fully saturated rings. The third kappa shape index (κ3) is 3.03. The highest BCUT2D eigenvalue weighted by molar-refractivity contribution is 5.92. The van der Waals surface area contributed by atoms with Gasteiger partial charge in [-0.1, -0.05) is 13.8 Å². The Morgan fingerprint density at radius 3 is 3.09 bits per heavy atom. The molecule has 0 bridgehead atoms. The highest BCUT2D eigenvalue weighted by Crippen LogP contribution is 2.15. The van der Waals surface area contributed by atoms with Crippen LogP contribution in [0.4, 0.5) is 0 Å². The van der Waals surface area contributed by atoms with Gasteiger partial charge >= 0.3 is 0 Å². The number of aromatic nitrogens is 5. The molecule has 0 saturated carbocycles. The van der Waals surface area contributed by atoms with Crippen molar-refractivity contribution in [3.63, 3.8) is 0 Å². The summed E-state index contributed by atoms with van der Waals surface area (Å²) in [5, 5.41) is 18.3. The summed E-state index contributed by atoms with van der Waals surface area (Å²) in [5.41, 5.74) is 1.46. The van der Waals surface area contributed by atoms with E-state index in [0.717, 1.165) is 43.1 Å². The second-order valence-electron chi connectivity index (χ2n) is 6.36. The molecule has 0 radical (unpaired) electrons. The molecule has 22 heavy (non-hydrogen) atoms. The lowest BCUT2D eigenvalue weighted by atomic mass is 10.1. The van der Waals surface area contributed by atoms with Crippen molar-refractivity contribution in [2.24, 2.45) is 5.92 Å². The van der Waals surface area contributed by atoms with Crippen LogP contribution in [-0.2, 0) is 19.4 Å². The first-order chi connectivity index (χ1) is 10.5. The lowest BCUT2D eigenvalue weighted by molar-refractivity contribution is 0.0922. The average Bonchev–Trinajstić information content (AvgIpc) is 3.06. The summed E-state index contributed by atoms with van der Waals surface area (Å²) in [6, 6.07) is 1.94. The zero-order chi connectivity index (χ0) is 15.7. The highest BCUT2D eigenvalue weighted by Gasteiger charge is 2.23. The maximum absolute atomic E-state index is 12.3. The van der Waals surface area contributed by atoms with E-state index in [1.807, 2.05) is 13.0 Å². The van der Waals surface area contributed by atoms with Gasteiger partial charge in [-0.3, -0.25) is 9.89 Å². The van der Waals surface area contributed by atoms with Crippen LogP contribution < -0.4 is 5.32 Å². The maximum Gasteiger partial charge on any atom is 0.272 e. The van der Waals surface area contributed by atoms with Crippen LogP contribution in [0.15, 0.2) is 6.07 Å². The molecule has 0 spiro atoms. The number of amides is 1. The van der Waals surface area contributed by atoms with Gasteiger partial charge in [-0.05, 0) is 31.7 Å². The second kappa shape index (κ2) is 5.90. The van der Waals surface area contributed by atoms with Gasteiger partial charge in [0.1, 0.15) is 17.3 Å². The van der Waals surface area contributed by atoms with Gasteiger partial charge in [0.25, 0.3) is 5.91 Å². The number of hydrogen-bond acceptors (Lipinski definition) is 4. The van der Waals surface area contributed by atoms with E-state index in [2.05, 4.69) is 44.1 Å². The molecule has 1 amide bonds. The molecule has 2 aromatic rings. The predicted octanol–water partition coefficient (Wildman–Crippen LogP) is 1.25. The summed E-state index contributed by atoms with van der Waals surface area (Å²) in [4.78, 5) is 12.3. The summed E-state index contributed by atoms with van der Waals surface area (Å²) >= 11 is 0. The normalized spacial score (nSPS) is 17.5. The molecular weight excluding hydrogens is 280 g/mol. The Balaban J connectivity index is 1.63. The van der Waals surface area contributed by atoms with Crippen LogP contribution in [-0.4, -0.2) is 36.9 Å². The topological polar surface area (TPSA) is 88.5 Å². The smallest absolute Gasteiger partial charge is 0.272 e. The zero-order valence-corrected chi connectivity index (χ0v) is 13.3. The maximum atomic E-state index is 12.3. The van der Waals surface area contributed by atoms with E-state index in [1.54, 1.807) is 0 Å². The van der Waals surface area contributed by atoms with Gasteiger partial charge in [-0.2, -0.15) is 5.10 Å². The van der Waals surface area contributed by atoms with Gasteiger partial charge in [-0.25, -0.2) is 0 Å². The number of fused-ring (bicyclic) bond motifs is 1. The van der Waals surface area contributed by atoms with E-state index in [4.69, 9.17) is 0 Å². The third-order valence-electron chi connectivity index (χ3n) is 3.96. The highest BCUT2D eigenvalue weighted by atomic mass is 16.2.